The van der Waals surface area contributed by atoms with Crippen molar-refractivity contribution in [2.45, 2.75) is 19.8 Å². The molecule has 30 heavy (non-hydrogen) atoms. The topological polar surface area (TPSA) is 128 Å². The van der Waals surface area contributed by atoms with Gasteiger partial charge in [-0.15, -0.1) is 5.53 Å². The van der Waals surface area contributed by atoms with Crippen LogP contribution in [0.1, 0.15) is 18.9 Å². The fraction of sp³-hybridized carbons (Fsp3) is 0.190. The van der Waals surface area contributed by atoms with Gasteiger partial charge < -0.3 is 14.8 Å². The highest BCUT2D eigenvalue weighted by molar-refractivity contribution is 5.76. The Kier molecular flexibility index (Phi) is 5.36. The van der Waals surface area contributed by atoms with Crippen LogP contribution in [0.25, 0.3) is 22.5 Å². The van der Waals surface area contributed by atoms with E-state index in [-0.39, 0.29) is 12.0 Å². The second-order valence-corrected chi connectivity index (χ2v) is 6.75. The Morgan fingerprint density at radius 2 is 1.97 bits per heavy atom. The summed E-state index contributed by atoms with van der Waals surface area (Å²) in [6.45, 7) is 2.34. The molecule has 0 bridgehead atoms. The van der Waals surface area contributed by atoms with Crippen LogP contribution in [-0.2, 0) is 11.2 Å². The molecule has 0 amide bonds. The maximum Gasteiger partial charge on any atom is 0.303 e. The van der Waals surface area contributed by atoms with E-state index < -0.39 is 5.97 Å². The van der Waals surface area contributed by atoms with Gasteiger partial charge in [-0.2, -0.15) is 0 Å². The van der Waals surface area contributed by atoms with Crippen molar-refractivity contribution in [3.63, 3.8) is 0 Å². The molecule has 1 aromatic heterocycles. The van der Waals surface area contributed by atoms with Crippen molar-refractivity contribution in [1.29, 1.82) is 0 Å². The van der Waals surface area contributed by atoms with Gasteiger partial charge in [0.15, 0.2) is 11.5 Å². The van der Waals surface area contributed by atoms with Crippen molar-refractivity contribution >= 4 is 17.5 Å². The number of aromatic amines is 1. The number of hydrogen-bond donors (Lipinski definition) is 5. The number of rotatable bonds is 7. The summed E-state index contributed by atoms with van der Waals surface area (Å²) in [5.74, 6) is 0.570. The highest BCUT2D eigenvalue weighted by Gasteiger charge is 2.19. The van der Waals surface area contributed by atoms with Gasteiger partial charge in [0, 0.05) is 6.42 Å². The van der Waals surface area contributed by atoms with Crippen LogP contribution in [-0.4, -0.2) is 27.7 Å². The molecule has 4 rings (SSSR count). The Labute approximate surface area is 172 Å². The van der Waals surface area contributed by atoms with Crippen LogP contribution in [0.5, 0.6) is 5.75 Å². The predicted octanol–water partition coefficient (Wildman–Crippen LogP) is 2.78. The largest absolute Gasteiger partial charge is 0.493 e. The van der Waals surface area contributed by atoms with Gasteiger partial charge in [-0.3, -0.25) is 20.4 Å². The molecule has 2 heterocycles. The molecule has 9 nitrogen and oxygen atoms in total. The van der Waals surface area contributed by atoms with E-state index in [1.165, 1.54) is 0 Å². The lowest BCUT2D eigenvalue weighted by Gasteiger charge is -2.13. The molecule has 2 aromatic carbocycles. The van der Waals surface area contributed by atoms with Crippen LogP contribution < -0.4 is 26.7 Å². The van der Waals surface area contributed by atoms with Gasteiger partial charge in [-0.25, -0.2) is 4.98 Å². The highest BCUT2D eigenvalue weighted by atomic mass is 16.5. The zero-order valence-electron chi connectivity index (χ0n) is 16.3. The third kappa shape index (κ3) is 3.96. The fourth-order valence-electron chi connectivity index (χ4n) is 3.29. The minimum atomic E-state index is -0.820. The number of aliphatic carboxylic acids is 1. The average Bonchev–Trinajstić information content (AvgIpc) is 3.22. The number of nitrogens with one attached hydrogen (secondary N) is 4. The number of carboxylic acid groups (broad SMARTS) is 1. The van der Waals surface area contributed by atoms with E-state index in [1.807, 2.05) is 49.4 Å². The van der Waals surface area contributed by atoms with E-state index in [4.69, 9.17) is 9.84 Å². The fourth-order valence-corrected chi connectivity index (χ4v) is 3.29. The number of hydrogen-bond acceptors (Lipinski definition) is 7. The number of aromatic nitrogens is 2. The zero-order valence-corrected chi connectivity index (χ0v) is 16.3. The summed E-state index contributed by atoms with van der Waals surface area (Å²) in [5.41, 5.74) is 11.7. The molecule has 9 heteroatoms. The van der Waals surface area contributed by atoms with Gasteiger partial charge in [0.2, 0.25) is 0 Å². The first-order valence-electron chi connectivity index (χ1n) is 9.55. The van der Waals surface area contributed by atoms with E-state index >= 15 is 0 Å². The SMILES string of the molecule is CCOc1cc(-c2cccc(CCC(=O)O)c2)ccc1-c1nc2c(c(=O)[nH]1)NNN2. The number of hydrazine groups is 2. The molecule has 0 fully saturated rings. The highest BCUT2D eigenvalue weighted by Crippen LogP contribution is 2.34. The van der Waals surface area contributed by atoms with Crippen LogP contribution in [0.4, 0.5) is 11.5 Å². The number of benzene rings is 2. The molecule has 1 aliphatic heterocycles. The lowest BCUT2D eigenvalue weighted by Crippen LogP contribution is -2.21. The predicted molar refractivity (Wildman–Crippen MR) is 113 cm³/mol. The quantitative estimate of drug-likeness (QED) is 0.404. The molecule has 0 atom stereocenters. The lowest BCUT2D eigenvalue weighted by molar-refractivity contribution is -0.136. The summed E-state index contributed by atoms with van der Waals surface area (Å²) in [4.78, 5) is 30.4. The molecule has 0 radical (unpaired) electrons. The van der Waals surface area contributed by atoms with E-state index in [0.717, 1.165) is 16.7 Å². The second kappa shape index (κ2) is 8.26. The summed E-state index contributed by atoms with van der Waals surface area (Å²) in [6, 6.07) is 13.4. The smallest absolute Gasteiger partial charge is 0.303 e. The van der Waals surface area contributed by atoms with E-state index in [0.29, 0.717) is 41.7 Å². The number of ether oxygens (including phenoxy) is 1. The molecule has 0 spiro atoms. The number of carboxylic acids is 1. The number of fused-ring (bicyclic) bond motifs is 1. The van der Waals surface area contributed by atoms with Gasteiger partial charge in [0.05, 0.1) is 12.2 Å². The monoisotopic (exact) mass is 407 g/mol. The minimum Gasteiger partial charge on any atom is -0.493 e. The maximum absolute atomic E-state index is 12.3. The normalized spacial score (nSPS) is 12.0. The third-order valence-corrected chi connectivity index (χ3v) is 4.71. The van der Waals surface area contributed by atoms with Crippen molar-refractivity contribution in [3.05, 3.63) is 58.4 Å². The van der Waals surface area contributed by atoms with Crippen LogP contribution in [0.3, 0.4) is 0 Å². The summed E-state index contributed by atoms with van der Waals surface area (Å²) < 4.78 is 5.83. The molecule has 5 N–H and O–H groups in total. The molecule has 0 aliphatic carbocycles. The zero-order chi connectivity index (χ0) is 21.1. The van der Waals surface area contributed by atoms with Crippen LogP contribution >= 0.6 is 0 Å². The van der Waals surface area contributed by atoms with Gasteiger partial charge in [-0.1, -0.05) is 30.3 Å². The average molecular weight is 407 g/mol. The van der Waals surface area contributed by atoms with Crippen LogP contribution in [0.15, 0.2) is 47.3 Å². The van der Waals surface area contributed by atoms with Crippen molar-refractivity contribution in [1.82, 2.24) is 15.5 Å². The van der Waals surface area contributed by atoms with E-state index in [1.54, 1.807) is 0 Å². The standard InChI is InChI=1S/C21H21N5O4/c1-2-30-16-11-14(13-5-3-4-12(10-13)6-9-17(27)28)7-8-15(16)19-22-20-18(21(29)23-19)24-26-25-20/h3-5,7-8,10-11,24,26H,2,6,9H2,1H3,(H,27,28)(H2,22,23,25,29). The Morgan fingerprint density at radius 3 is 2.77 bits per heavy atom. The number of aryl methyl sites for hydroxylation is 1. The number of anilines is 2. The second-order valence-electron chi connectivity index (χ2n) is 6.75. The van der Waals surface area contributed by atoms with Crippen molar-refractivity contribution in [2.75, 3.05) is 17.5 Å². The maximum atomic E-state index is 12.3. The molecule has 154 valence electrons. The molecular weight excluding hydrogens is 386 g/mol. The number of carbonyl (C=O) groups is 1. The summed E-state index contributed by atoms with van der Waals surface area (Å²) in [5, 5.41) is 8.91. The van der Waals surface area contributed by atoms with Gasteiger partial charge in [0.1, 0.15) is 11.6 Å². The summed E-state index contributed by atoms with van der Waals surface area (Å²) >= 11 is 0. The van der Waals surface area contributed by atoms with Gasteiger partial charge >= 0.3 is 5.97 Å². The molecule has 1 aliphatic rings. The first kappa shape index (κ1) is 19.5. The van der Waals surface area contributed by atoms with E-state index in [2.05, 4.69) is 26.4 Å². The third-order valence-electron chi connectivity index (χ3n) is 4.71. The first-order chi connectivity index (χ1) is 14.5. The van der Waals surface area contributed by atoms with Crippen molar-refractivity contribution in [3.8, 4) is 28.3 Å². The van der Waals surface area contributed by atoms with Gasteiger partial charge in [-0.05, 0) is 42.2 Å². The Balaban J connectivity index is 1.71. The van der Waals surface area contributed by atoms with Crippen molar-refractivity contribution in [2.24, 2.45) is 0 Å². The number of H-pyrrole nitrogens is 1. The Bertz CT molecular complexity index is 1160. The van der Waals surface area contributed by atoms with Crippen molar-refractivity contribution < 1.29 is 14.6 Å². The van der Waals surface area contributed by atoms with Crippen LogP contribution in [0.2, 0.25) is 0 Å². The Hall–Kier alpha value is -3.85. The molecule has 0 unspecified atom stereocenters. The van der Waals surface area contributed by atoms with E-state index in [9.17, 15) is 9.59 Å². The first-order valence-corrected chi connectivity index (χ1v) is 9.55. The van der Waals surface area contributed by atoms with Gasteiger partial charge in [0.25, 0.3) is 5.56 Å². The molecular formula is C21H21N5O4. The lowest BCUT2D eigenvalue weighted by atomic mass is 9.99. The molecule has 3 aromatic rings. The summed E-state index contributed by atoms with van der Waals surface area (Å²) in [7, 11) is 0. The molecule has 0 saturated carbocycles. The summed E-state index contributed by atoms with van der Waals surface area (Å²) in [6.07, 6.45) is 0.552. The minimum absolute atomic E-state index is 0.0850. The molecule has 0 saturated heterocycles. The number of nitrogens with zero attached hydrogens (tertiary/aromatic N) is 1. The Morgan fingerprint density at radius 1 is 1.13 bits per heavy atom. The van der Waals surface area contributed by atoms with Crippen LogP contribution in [0, 0.1) is 0 Å².